The summed E-state index contributed by atoms with van der Waals surface area (Å²) < 4.78 is 29.0. The fourth-order valence-corrected chi connectivity index (χ4v) is 4.32. The van der Waals surface area contributed by atoms with E-state index in [0.29, 0.717) is 17.7 Å². The van der Waals surface area contributed by atoms with Crippen LogP contribution >= 0.6 is 15.9 Å². The van der Waals surface area contributed by atoms with Crippen LogP contribution in [0.2, 0.25) is 0 Å². The van der Waals surface area contributed by atoms with Gasteiger partial charge in [0.15, 0.2) is 15.6 Å². The average molecular weight is 347 g/mol. The molecule has 0 N–H and O–H groups in total. The summed E-state index contributed by atoms with van der Waals surface area (Å²) in [5.41, 5.74) is 1.41. The van der Waals surface area contributed by atoms with Crippen molar-refractivity contribution >= 4 is 31.6 Å². The van der Waals surface area contributed by atoms with E-state index in [1.807, 2.05) is 6.92 Å². The molecule has 0 saturated carbocycles. The molecule has 19 heavy (non-hydrogen) atoms. The summed E-state index contributed by atoms with van der Waals surface area (Å²) in [5.74, 6) is -0.0682. The molecule has 1 unspecified atom stereocenters. The summed E-state index contributed by atoms with van der Waals surface area (Å²) in [6.07, 6.45) is 0.399. The van der Waals surface area contributed by atoms with Gasteiger partial charge in [-0.3, -0.25) is 4.79 Å². The molecule has 1 aliphatic heterocycles. The number of hydrogen-bond acceptors (Lipinski definition) is 4. The monoisotopic (exact) mass is 346 g/mol. The highest BCUT2D eigenvalue weighted by molar-refractivity contribution is 9.10. The van der Waals surface area contributed by atoms with E-state index >= 15 is 0 Å². The number of ketones is 1. The highest BCUT2D eigenvalue weighted by Gasteiger charge is 2.34. The molecule has 0 bridgehead atoms. The Balaban J connectivity index is 2.37. The minimum Gasteiger partial charge on any atom is -0.496 e. The van der Waals surface area contributed by atoms with Gasteiger partial charge in [0.2, 0.25) is 0 Å². The summed E-state index contributed by atoms with van der Waals surface area (Å²) in [6, 6.07) is 3.49. The van der Waals surface area contributed by atoms with Gasteiger partial charge in [0.1, 0.15) is 5.75 Å². The molecule has 1 aromatic carbocycles. The van der Waals surface area contributed by atoms with Gasteiger partial charge in [-0.05, 0) is 31.0 Å². The molecule has 0 amide bonds. The first-order chi connectivity index (χ1) is 8.84. The van der Waals surface area contributed by atoms with Crippen LogP contribution in [-0.2, 0) is 9.84 Å². The van der Waals surface area contributed by atoms with E-state index in [9.17, 15) is 13.2 Å². The molecule has 1 aromatic rings. The number of aryl methyl sites for hydroxylation is 1. The average Bonchev–Trinajstić information content (AvgIpc) is 2.71. The smallest absolute Gasteiger partial charge is 0.170 e. The highest BCUT2D eigenvalue weighted by atomic mass is 79.9. The Morgan fingerprint density at radius 1 is 1.42 bits per heavy atom. The molecule has 0 radical (unpaired) electrons. The highest BCUT2D eigenvalue weighted by Crippen LogP contribution is 2.31. The minimum absolute atomic E-state index is 0.0551. The Kier molecular flexibility index (Phi) is 4.01. The van der Waals surface area contributed by atoms with E-state index in [0.717, 1.165) is 10.0 Å². The lowest BCUT2D eigenvalue weighted by atomic mass is 9.96. The standard InChI is InChI=1S/C13H15BrO4S/c1-8-5-12(18-2)10(6-11(8)14)13(15)9-3-4-19(16,17)7-9/h5-6,9H,3-4,7H2,1-2H3. The molecule has 1 aliphatic rings. The van der Waals surface area contributed by atoms with Crippen LogP contribution in [-0.4, -0.2) is 32.8 Å². The maximum atomic E-state index is 12.4. The van der Waals surface area contributed by atoms with Gasteiger partial charge in [-0.2, -0.15) is 0 Å². The summed E-state index contributed by atoms with van der Waals surface area (Å²) in [5, 5.41) is 0. The van der Waals surface area contributed by atoms with Crippen LogP contribution in [0, 0.1) is 12.8 Å². The van der Waals surface area contributed by atoms with Crippen molar-refractivity contribution in [2.75, 3.05) is 18.6 Å². The molecule has 4 nitrogen and oxygen atoms in total. The van der Waals surface area contributed by atoms with Gasteiger partial charge in [-0.15, -0.1) is 0 Å². The largest absolute Gasteiger partial charge is 0.496 e. The van der Waals surface area contributed by atoms with Crippen LogP contribution in [0.5, 0.6) is 5.75 Å². The van der Waals surface area contributed by atoms with Crippen LogP contribution in [0.15, 0.2) is 16.6 Å². The number of rotatable bonds is 3. The predicted molar refractivity (Wildman–Crippen MR) is 76.5 cm³/mol. The zero-order valence-electron chi connectivity index (χ0n) is 10.8. The number of Topliss-reactive ketones (excluding diaryl/α,β-unsaturated/α-hetero) is 1. The fraction of sp³-hybridized carbons (Fsp3) is 0.462. The van der Waals surface area contributed by atoms with E-state index in [1.54, 1.807) is 12.1 Å². The Bertz CT molecular complexity index is 622. The second kappa shape index (κ2) is 5.25. The predicted octanol–water partition coefficient (Wildman–Crippen LogP) is 2.38. The van der Waals surface area contributed by atoms with Crippen molar-refractivity contribution in [1.82, 2.24) is 0 Å². The summed E-state index contributed by atoms with van der Waals surface area (Å²) in [7, 11) is -1.55. The third-order valence-electron chi connectivity index (χ3n) is 3.35. The van der Waals surface area contributed by atoms with Gasteiger partial charge in [-0.1, -0.05) is 15.9 Å². The Hall–Kier alpha value is -0.880. The first-order valence-corrected chi connectivity index (χ1v) is 8.54. The lowest BCUT2D eigenvalue weighted by molar-refractivity contribution is 0.0930. The zero-order valence-corrected chi connectivity index (χ0v) is 13.2. The van der Waals surface area contributed by atoms with Crippen molar-refractivity contribution in [2.24, 2.45) is 5.92 Å². The fourth-order valence-electron chi connectivity index (χ4n) is 2.24. The molecule has 1 fully saturated rings. The van der Waals surface area contributed by atoms with E-state index in [1.165, 1.54) is 7.11 Å². The van der Waals surface area contributed by atoms with Crippen molar-refractivity contribution in [2.45, 2.75) is 13.3 Å². The van der Waals surface area contributed by atoms with Crippen LogP contribution < -0.4 is 4.74 Å². The summed E-state index contributed by atoms with van der Waals surface area (Å²) >= 11 is 3.38. The summed E-state index contributed by atoms with van der Waals surface area (Å²) in [4.78, 5) is 12.4. The molecule has 1 heterocycles. The number of benzene rings is 1. The van der Waals surface area contributed by atoms with E-state index in [2.05, 4.69) is 15.9 Å². The second-order valence-corrected chi connectivity index (χ2v) is 7.85. The van der Waals surface area contributed by atoms with Crippen LogP contribution in [0.1, 0.15) is 22.3 Å². The minimum atomic E-state index is -3.06. The van der Waals surface area contributed by atoms with Crippen molar-refractivity contribution in [1.29, 1.82) is 0 Å². The van der Waals surface area contributed by atoms with Crippen molar-refractivity contribution in [3.63, 3.8) is 0 Å². The van der Waals surface area contributed by atoms with Crippen LogP contribution in [0.3, 0.4) is 0 Å². The second-order valence-electron chi connectivity index (χ2n) is 4.77. The third kappa shape index (κ3) is 3.00. The number of hydrogen-bond donors (Lipinski definition) is 0. The molecule has 1 atom stereocenters. The molecule has 104 valence electrons. The van der Waals surface area contributed by atoms with Gasteiger partial charge in [0.05, 0.1) is 24.2 Å². The van der Waals surface area contributed by atoms with Crippen molar-refractivity contribution in [3.05, 3.63) is 27.7 Å². The zero-order chi connectivity index (χ0) is 14.2. The Morgan fingerprint density at radius 2 is 2.11 bits per heavy atom. The molecule has 0 aromatic heterocycles. The molecular weight excluding hydrogens is 332 g/mol. The quantitative estimate of drug-likeness (QED) is 0.788. The Labute approximate surface area is 121 Å². The van der Waals surface area contributed by atoms with Crippen LogP contribution in [0.25, 0.3) is 0 Å². The lowest BCUT2D eigenvalue weighted by Gasteiger charge is -2.13. The number of halogens is 1. The SMILES string of the molecule is COc1cc(C)c(Br)cc1C(=O)C1CCS(=O)(=O)C1. The topological polar surface area (TPSA) is 60.4 Å². The van der Waals surface area contributed by atoms with E-state index in [4.69, 9.17) is 4.74 Å². The van der Waals surface area contributed by atoms with Crippen molar-refractivity contribution in [3.8, 4) is 5.75 Å². The molecule has 0 spiro atoms. The molecule has 2 rings (SSSR count). The number of methoxy groups -OCH3 is 1. The lowest BCUT2D eigenvalue weighted by Crippen LogP contribution is -2.17. The van der Waals surface area contributed by atoms with Gasteiger partial charge in [0.25, 0.3) is 0 Å². The third-order valence-corrected chi connectivity index (χ3v) is 5.97. The number of sulfone groups is 1. The summed E-state index contributed by atoms with van der Waals surface area (Å²) in [6.45, 7) is 1.90. The van der Waals surface area contributed by atoms with E-state index < -0.39 is 15.8 Å². The van der Waals surface area contributed by atoms with Gasteiger partial charge < -0.3 is 4.74 Å². The number of ether oxygens (including phenoxy) is 1. The number of carbonyl (C=O) groups excluding carboxylic acids is 1. The van der Waals surface area contributed by atoms with E-state index in [-0.39, 0.29) is 17.3 Å². The first-order valence-electron chi connectivity index (χ1n) is 5.93. The van der Waals surface area contributed by atoms with Gasteiger partial charge in [-0.25, -0.2) is 8.42 Å². The van der Waals surface area contributed by atoms with Crippen molar-refractivity contribution < 1.29 is 17.9 Å². The molecule has 6 heteroatoms. The number of carbonyl (C=O) groups is 1. The maximum absolute atomic E-state index is 12.4. The van der Waals surface area contributed by atoms with Gasteiger partial charge in [0, 0.05) is 10.4 Å². The van der Waals surface area contributed by atoms with Gasteiger partial charge >= 0.3 is 0 Å². The normalized spacial score (nSPS) is 21.3. The molecule has 1 saturated heterocycles. The molecular formula is C13H15BrO4S. The van der Waals surface area contributed by atoms with Crippen LogP contribution in [0.4, 0.5) is 0 Å². The first kappa shape index (κ1) is 14.5. The maximum Gasteiger partial charge on any atom is 0.170 e. The Morgan fingerprint density at radius 3 is 2.63 bits per heavy atom. The molecule has 0 aliphatic carbocycles.